The molecule has 2 rings (SSSR count). The first-order valence-electron chi connectivity index (χ1n) is 6.08. The molecule has 1 spiro atoms. The van der Waals surface area contributed by atoms with Crippen molar-refractivity contribution in [1.29, 1.82) is 0 Å². The smallest absolute Gasteiger partial charge is 0.310 e. The van der Waals surface area contributed by atoms with Crippen molar-refractivity contribution in [3.63, 3.8) is 0 Å². The summed E-state index contributed by atoms with van der Waals surface area (Å²) in [6, 6.07) is 0. The largest absolute Gasteiger partial charge is 0.481 e. The van der Waals surface area contributed by atoms with Gasteiger partial charge in [-0.05, 0) is 25.7 Å². The van der Waals surface area contributed by atoms with E-state index >= 15 is 0 Å². The van der Waals surface area contributed by atoms with Gasteiger partial charge in [0.2, 0.25) is 0 Å². The molecule has 0 aromatic heterocycles. The van der Waals surface area contributed by atoms with Crippen LogP contribution in [0.3, 0.4) is 0 Å². The number of rotatable bonds is 2. The first-order chi connectivity index (χ1) is 7.17. The maximum absolute atomic E-state index is 11.6. The standard InChI is InChI=1S/C13H20O2/c1-2-13(11(14)15)10-6-9-12(13)7-4-3-5-8-12/h6,9H,2-5,7-8,10H2,1H3,(H,14,15). The van der Waals surface area contributed by atoms with Crippen LogP contribution in [0.25, 0.3) is 0 Å². The van der Waals surface area contributed by atoms with Crippen molar-refractivity contribution >= 4 is 5.97 Å². The zero-order valence-corrected chi connectivity index (χ0v) is 9.46. The maximum Gasteiger partial charge on any atom is 0.310 e. The summed E-state index contributed by atoms with van der Waals surface area (Å²) in [5.74, 6) is -0.586. The van der Waals surface area contributed by atoms with Crippen LogP contribution in [0.2, 0.25) is 0 Å². The minimum Gasteiger partial charge on any atom is -0.481 e. The highest BCUT2D eigenvalue weighted by molar-refractivity contribution is 5.77. The maximum atomic E-state index is 11.6. The molecule has 0 amide bonds. The number of allylic oxidation sites excluding steroid dienone is 2. The van der Waals surface area contributed by atoms with E-state index in [0.29, 0.717) is 0 Å². The average Bonchev–Trinajstić information content (AvgIpc) is 2.59. The number of hydrogen-bond donors (Lipinski definition) is 1. The molecule has 0 bridgehead atoms. The summed E-state index contributed by atoms with van der Waals surface area (Å²) in [7, 11) is 0. The van der Waals surface area contributed by atoms with Crippen molar-refractivity contribution in [2.75, 3.05) is 0 Å². The van der Waals surface area contributed by atoms with Gasteiger partial charge in [0, 0.05) is 5.41 Å². The predicted molar refractivity (Wildman–Crippen MR) is 59.6 cm³/mol. The highest BCUT2D eigenvalue weighted by Crippen LogP contribution is 2.58. The molecule has 1 N–H and O–H groups in total. The van der Waals surface area contributed by atoms with E-state index in [1.807, 2.05) is 6.92 Å². The number of aliphatic carboxylic acids is 1. The van der Waals surface area contributed by atoms with Crippen LogP contribution >= 0.6 is 0 Å². The summed E-state index contributed by atoms with van der Waals surface area (Å²) in [5, 5.41) is 9.54. The van der Waals surface area contributed by atoms with Gasteiger partial charge in [0.05, 0.1) is 5.41 Å². The van der Waals surface area contributed by atoms with Crippen LogP contribution in [0.4, 0.5) is 0 Å². The SMILES string of the molecule is CCC1(C(=O)O)CC=CC12CCCCC2. The van der Waals surface area contributed by atoms with E-state index < -0.39 is 11.4 Å². The van der Waals surface area contributed by atoms with Crippen molar-refractivity contribution in [2.24, 2.45) is 10.8 Å². The highest BCUT2D eigenvalue weighted by Gasteiger charge is 2.55. The van der Waals surface area contributed by atoms with Crippen LogP contribution in [0, 0.1) is 10.8 Å². The molecule has 2 nitrogen and oxygen atoms in total. The Bertz CT molecular complexity index is 287. The summed E-state index contributed by atoms with van der Waals surface area (Å²) in [6.45, 7) is 2.03. The minimum absolute atomic E-state index is 0.0220. The van der Waals surface area contributed by atoms with E-state index in [1.165, 1.54) is 19.3 Å². The van der Waals surface area contributed by atoms with Crippen LogP contribution in [0.5, 0.6) is 0 Å². The van der Waals surface area contributed by atoms with Gasteiger partial charge >= 0.3 is 5.97 Å². The second-order valence-electron chi connectivity index (χ2n) is 5.06. The quantitative estimate of drug-likeness (QED) is 0.706. The van der Waals surface area contributed by atoms with E-state index in [1.54, 1.807) is 0 Å². The molecule has 1 atom stereocenters. The average molecular weight is 208 g/mol. The molecular formula is C13H20O2. The van der Waals surface area contributed by atoms with Gasteiger partial charge in [0.1, 0.15) is 0 Å². The number of carboxylic acid groups (broad SMARTS) is 1. The van der Waals surface area contributed by atoms with Crippen molar-refractivity contribution in [3.8, 4) is 0 Å². The summed E-state index contributed by atoms with van der Waals surface area (Å²) in [5.41, 5.74) is -0.515. The summed E-state index contributed by atoms with van der Waals surface area (Å²) in [4.78, 5) is 11.6. The minimum atomic E-state index is -0.586. The van der Waals surface area contributed by atoms with Crippen molar-refractivity contribution in [2.45, 2.75) is 51.9 Å². The Labute approximate surface area is 91.4 Å². The summed E-state index contributed by atoms with van der Waals surface area (Å²) >= 11 is 0. The number of hydrogen-bond acceptors (Lipinski definition) is 1. The Kier molecular flexibility index (Phi) is 2.61. The van der Waals surface area contributed by atoms with Gasteiger partial charge in [-0.2, -0.15) is 0 Å². The van der Waals surface area contributed by atoms with Gasteiger partial charge in [-0.3, -0.25) is 4.79 Å². The summed E-state index contributed by atoms with van der Waals surface area (Å²) < 4.78 is 0. The van der Waals surface area contributed by atoms with E-state index in [9.17, 15) is 9.90 Å². The Balaban J connectivity index is 2.35. The topological polar surface area (TPSA) is 37.3 Å². The van der Waals surface area contributed by atoms with Crippen LogP contribution < -0.4 is 0 Å². The Morgan fingerprint density at radius 1 is 1.33 bits per heavy atom. The molecule has 0 saturated heterocycles. The molecule has 84 valence electrons. The third-order valence-corrected chi connectivity index (χ3v) is 4.61. The fourth-order valence-corrected chi connectivity index (χ4v) is 3.62. The first-order valence-corrected chi connectivity index (χ1v) is 6.08. The predicted octanol–water partition coefficient (Wildman–Crippen LogP) is 3.38. The summed E-state index contributed by atoms with van der Waals surface area (Å²) in [6.07, 6.45) is 11.6. The van der Waals surface area contributed by atoms with E-state index in [2.05, 4.69) is 12.2 Å². The normalized spacial score (nSPS) is 33.4. The number of carbonyl (C=O) groups is 1. The molecule has 1 saturated carbocycles. The molecule has 15 heavy (non-hydrogen) atoms. The third kappa shape index (κ3) is 1.34. The molecular weight excluding hydrogens is 188 g/mol. The molecule has 0 aliphatic heterocycles. The van der Waals surface area contributed by atoms with Crippen molar-refractivity contribution < 1.29 is 9.90 Å². The van der Waals surface area contributed by atoms with Crippen LogP contribution in [0.1, 0.15) is 51.9 Å². The zero-order chi connectivity index (χ0) is 10.9. The van der Waals surface area contributed by atoms with E-state index in [4.69, 9.17) is 0 Å². The van der Waals surface area contributed by atoms with Crippen molar-refractivity contribution in [3.05, 3.63) is 12.2 Å². The third-order valence-electron chi connectivity index (χ3n) is 4.61. The Morgan fingerprint density at radius 3 is 2.53 bits per heavy atom. The van der Waals surface area contributed by atoms with E-state index in [-0.39, 0.29) is 5.41 Å². The second-order valence-corrected chi connectivity index (χ2v) is 5.06. The van der Waals surface area contributed by atoms with Crippen LogP contribution in [-0.2, 0) is 4.79 Å². The molecule has 1 unspecified atom stereocenters. The molecule has 2 heteroatoms. The van der Waals surface area contributed by atoms with Gasteiger partial charge in [-0.1, -0.05) is 38.3 Å². The van der Waals surface area contributed by atoms with Gasteiger partial charge in [-0.25, -0.2) is 0 Å². The fraction of sp³-hybridized carbons (Fsp3) is 0.769. The van der Waals surface area contributed by atoms with Crippen molar-refractivity contribution in [1.82, 2.24) is 0 Å². The van der Waals surface area contributed by atoms with Gasteiger partial charge in [0.25, 0.3) is 0 Å². The van der Waals surface area contributed by atoms with Crippen LogP contribution in [-0.4, -0.2) is 11.1 Å². The number of carboxylic acids is 1. The molecule has 0 aromatic rings. The van der Waals surface area contributed by atoms with Gasteiger partial charge in [-0.15, -0.1) is 0 Å². The lowest BCUT2D eigenvalue weighted by Crippen LogP contribution is -2.44. The molecule has 2 aliphatic rings. The Hall–Kier alpha value is -0.790. The molecule has 0 radical (unpaired) electrons. The Morgan fingerprint density at radius 2 is 2.00 bits per heavy atom. The van der Waals surface area contributed by atoms with Gasteiger partial charge < -0.3 is 5.11 Å². The lowest BCUT2D eigenvalue weighted by Gasteiger charge is -2.45. The molecule has 1 fully saturated rings. The lowest BCUT2D eigenvalue weighted by molar-refractivity contribution is -0.157. The second kappa shape index (κ2) is 3.66. The zero-order valence-electron chi connectivity index (χ0n) is 9.46. The molecule has 2 aliphatic carbocycles. The van der Waals surface area contributed by atoms with Gasteiger partial charge in [0.15, 0.2) is 0 Å². The lowest BCUT2D eigenvalue weighted by atomic mass is 9.57. The van der Waals surface area contributed by atoms with Crippen LogP contribution in [0.15, 0.2) is 12.2 Å². The highest BCUT2D eigenvalue weighted by atomic mass is 16.4. The monoisotopic (exact) mass is 208 g/mol. The molecule has 0 heterocycles. The first kappa shape index (κ1) is 10.7. The van der Waals surface area contributed by atoms with E-state index in [0.717, 1.165) is 25.7 Å². The fourth-order valence-electron chi connectivity index (χ4n) is 3.62. The molecule has 0 aromatic carbocycles.